The molecular formula is C12H19N3O3. The van der Waals surface area contributed by atoms with Crippen molar-refractivity contribution in [1.82, 2.24) is 4.98 Å². The molecule has 0 spiro atoms. The molecule has 0 aliphatic rings. The van der Waals surface area contributed by atoms with Gasteiger partial charge in [0.15, 0.2) is 0 Å². The van der Waals surface area contributed by atoms with Crippen molar-refractivity contribution in [3.8, 4) is 0 Å². The Kier molecular flexibility index (Phi) is 4.61. The zero-order chi connectivity index (χ0) is 13.8. The lowest BCUT2D eigenvalue weighted by Crippen LogP contribution is -2.35. The Balaban J connectivity index is 3.08. The van der Waals surface area contributed by atoms with Crippen LogP contribution >= 0.6 is 0 Å². The van der Waals surface area contributed by atoms with E-state index < -0.39 is 10.5 Å². The first-order chi connectivity index (χ1) is 8.41. The third kappa shape index (κ3) is 3.40. The van der Waals surface area contributed by atoms with Crippen molar-refractivity contribution in [1.29, 1.82) is 0 Å². The highest BCUT2D eigenvalue weighted by Crippen LogP contribution is 2.27. The molecule has 0 amide bonds. The molecule has 1 aromatic rings. The number of aryl methyl sites for hydroxylation is 1. The van der Waals surface area contributed by atoms with Crippen LogP contribution in [0.4, 0.5) is 11.5 Å². The van der Waals surface area contributed by atoms with Gasteiger partial charge >= 0.3 is 5.69 Å². The maximum atomic E-state index is 10.9. The Morgan fingerprint density at radius 2 is 2.22 bits per heavy atom. The van der Waals surface area contributed by atoms with Crippen molar-refractivity contribution in [2.45, 2.75) is 39.2 Å². The normalized spacial score (nSPS) is 14.0. The summed E-state index contributed by atoms with van der Waals surface area (Å²) in [6.45, 7) is 5.68. The van der Waals surface area contributed by atoms with Gasteiger partial charge in [0.2, 0.25) is 5.82 Å². The Labute approximate surface area is 106 Å². The Hall–Kier alpha value is -1.69. The molecule has 1 unspecified atom stereocenters. The van der Waals surface area contributed by atoms with E-state index in [1.54, 1.807) is 13.0 Å². The summed E-state index contributed by atoms with van der Waals surface area (Å²) in [7, 11) is 0. The second-order valence-corrected chi connectivity index (χ2v) is 4.59. The van der Waals surface area contributed by atoms with Crippen LogP contribution in [0.15, 0.2) is 12.1 Å². The average Bonchev–Trinajstić information content (AvgIpc) is 2.29. The number of aliphatic hydroxyl groups is 1. The van der Waals surface area contributed by atoms with Gasteiger partial charge in [0.25, 0.3) is 0 Å². The van der Waals surface area contributed by atoms with Crippen LogP contribution in [0.3, 0.4) is 0 Å². The van der Waals surface area contributed by atoms with E-state index >= 15 is 0 Å². The Bertz CT molecular complexity index is 437. The highest BCUT2D eigenvalue weighted by molar-refractivity contribution is 5.57. The van der Waals surface area contributed by atoms with Crippen molar-refractivity contribution >= 4 is 11.5 Å². The van der Waals surface area contributed by atoms with Crippen LogP contribution in [0.2, 0.25) is 0 Å². The first-order valence-corrected chi connectivity index (χ1v) is 5.93. The Morgan fingerprint density at radius 3 is 2.72 bits per heavy atom. The number of hydrogen-bond acceptors (Lipinski definition) is 5. The SMILES string of the molecule is CCC(C)(CCO)Nc1nc(C)ccc1[N+](=O)[O-]. The van der Waals surface area contributed by atoms with Crippen LogP contribution < -0.4 is 5.32 Å². The molecule has 0 radical (unpaired) electrons. The van der Waals surface area contributed by atoms with Crippen molar-refractivity contribution in [3.63, 3.8) is 0 Å². The van der Waals surface area contributed by atoms with E-state index in [1.165, 1.54) is 6.07 Å². The minimum absolute atomic E-state index is 0.0248. The molecule has 6 heteroatoms. The smallest absolute Gasteiger partial charge is 0.311 e. The predicted molar refractivity (Wildman–Crippen MR) is 69.6 cm³/mol. The summed E-state index contributed by atoms with van der Waals surface area (Å²) in [6, 6.07) is 3.05. The van der Waals surface area contributed by atoms with E-state index in [0.717, 1.165) is 6.42 Å². The number of hydrogen-bond donors (Lipinski definition) is 2. The molecule has 6 nitrogen and oxygen atoms in total. The average molecular weight is 253 g/mol. The topological polar surface area (TPSA) is 88.3 Å². The number of rotatable bonds is 6. The minimum Gasteiger partial charge on any atom is -0.396 e. The van der Waals surface area contributed by atoms with Gasteiger partial charge < -0.3 is 10.4 Å². The van der Waals surface area contributed by atoms with Crippen molar-refractivity contribution in [2.75, 3.05) is 11.9 Å². The summed E-state index contributed by atoms with van der Waals surface area (Å²) >= 11 is 0. The minimum atomic E-state index is -0.455. The largest absolute Gasteiger partial charge is 0.396 e. The van der Waals surface area contributed by atoms with Gasteiger partial charge in [-0.15, -0.1) is 0 Å². The van der Waals surface area contributed by atoms with Gasteiger partial charge in [-0.2, -0.15) is 0 Å². The van der Waals surface area contributed by atoms with Crippen LogP contribution in [0.1, 0.15) is 32.4 Å². The molecule has 18 heavy (non-hydrogen) atoms. The molecule has 100 valence electrons. The zero-order valence-corrected chi connectivity index (χ0v) is 10.9. The van der Waals surface area contributed by atoms with Crippen LogP contribution in [-0.2, 0) is 0 Å². The number of aliphatic hydroxyl groups excluding tert-OH is 1. The van der Waals surface area contributed by atoms with Crippen molar-refractivity contribution < 1.29 is 10.0 Å². The van der Waals surface area contributed by atoms with Gasteiger partial charge in [-0.25, -0.2) is 4.98 Å². The monoisotopic (exact) mass is 253 g/mol. The molecule has 0 aliphatic heterocycles. The number of anilines is 1. The molecular weight excluding hydrogens is 234 g/mol. The second-order valence-electron chi connectivity index (χ2n) is 4.59. The van der Waals surface area contributed by atoms with Crippen molar-refractivity contribution in [3.05, 3.63) is 27.9 Å². The molecule has 0 aromatic carbocycles. The van der Waals surface area contributed by atoms with Crippen LogP contribution in [0, 0.1) is 17.0 Å². The highest BCUT2D eigenvalue weighted by Gasteiger charge is 2.26. The molecule has 1 heterocycles. The van der Waals surface area contributed by atoms with Gasteiger partial charge in [0, 0.05) is 23.9 Å². The standard InChI is InChI=1S/C12H19N3O3/c1-4-12(3,7-8-16)14-11-10(15(17)18)6-5-9(2)13-11/h5-6,16H,4,7-8H2,1-3H3,(H,13,14). The van der Waals surface area contributed by atoms with E-state index in [4.69, 9.17) is 5.11 Å². The Morgan fingerprint density at radius 1 is 1.56 bits per heavy atom. The van der Waals surface area contributed by atoms with Crippen LogP contribution in [0.5, 0.6) is 0 Å². The zero-order valence-electron chi connectivity index (χ0n) is 10.9. The lowest BCUT2D eigenvalue weighted by molar-refractivity contribution is -0.384. The molecule has 0 bridgehead atoms. The summed E-state index contributed by atoms with van der Waals surface area (Å²) in [4.78, 5) is 14.7. The van der Waals surface area contributed by atoms with E-state index in [2.05, 4.69) is 10.3 Å². The van der Waals surface area contributed by atoms with Crippen LogP contribution in [-0.4, -0.2) is 27.2 Å². The number of nitrogens with zero attached hydrogens (tertiary/aromatic N) is 2. The molecule has 0 aliphatic carbocycles. The van der Waals surface area contributed by atoms with Crippen molar-refractivity contribution in [2.24, 2.45) is 0 Å². The fourth-order valence-corrected chi connectivity index (χ4v) is 1.65. The third-order valence-corrected chi connectivity index (χ3v) is 3.07. The van der Waals surface area contributed by atoms with Gasteiger partial charge in [0.05, 0.1) is 4.92 Å². The number of aromatic nitrogens is 1. The lowest BCUT2D eigenvalue weighted by Gasteiger charge is -2.29. The fourth-order valence-electron chi connectivity index (χ4n) is 1.65. The molecule has 1 aromatic heterocycles. The van der Waals surface area contributed by atoms with Gasteiger partial charge in [-0.05, 0) is 32.8 Å². The molecule has 1 rings (SSSR count). The molecule has 0 fully saturated rings. The number of pyridine rings is 1. The maximum absolute atomic E-state index is 10.9. The molecule has 0 saturated carbocycles. The first kappa shape index (κ1) is 14.4. The van der Waals surface area contributed by atoms with E-state index in [0.29, 0.717) is 12.1 Å². The fraction of sp³-hybridized carbons (Fsp3) is 0.583. The number of nitrogens with one attached hydrogen (secondary N) is 1. The van der Waals surface area contributed by atoms with E-state index in [1.807, 2.05) is 13.8 Å². The first-order valence-electron chi connectivity index (χ1n) is 5.93. The predicted octanol–water partition coefficient (Wildman–Crippen LogP) is 2.26. The summed E-state index contributed by atoms with van der Waals surface area (Å²) in [5, 5.41) is 23.1. The molecule has 2 N–H and O–H groups in total. The number of nitro groups is 1. The quantitative estimate of drug-likeness (QED) is 0.599. The van der Waals surface area contributed by atoms with E-state index in [-0.39, 0.29) is 18.1 Å². The van der Waals surface area contributed by atoms with Gasteiger partial charge in [-0.1, -0.05) is 6.92 Å². The summed E-state index contributed by atoms with van der Waals surface area (Å²) in [5.74, 6) is 0.262. The lowest BCUT2D eigenvalue weighted by atomic mass is 9.95. The van der Waals surface area contributed by atoms with E-state index in [9.17, 15) is 10.1 Å². The summed E-state index contributed by atoms with van der Waals surface area (Å²) in [5.41, 5.74) is 0.268. The summed E-state index contributed by atoms with van der Waals surface area (Å²) < 4.78 is 0. The van der Waals surface area contributed by atoms with Gasteiger partial charge in [-0.3, -0.25) is 10.1 Å². The third-order valence-electron chi connectivity index (χ3n) is 3.07. The second kappa shape index (κ2) is 5.77. The van der Waals surface area contributed by atoms with Crippen LogP contribution in [0.25, 0.3) is 0 Å². The maximum Gasteiger partial charge on any atom is 0.311 e. The molecule has 1 atom stereocenters. The summed E-state index contributed by atoms with van der Waals surface area (Å²) in [6.07, 6.45) is 1.25. The molecule has 0 saturated heterocycles. The van der Waals surface area contributed by atoms with Gasteiger partial charge in [0.1, 0.15) is 0 Å². The highest BCUT2D eigenvalue weighted by atomic mass is 16.6.